The Morgan fingerprint density at radius 2 is 1.92 bits per heavy atom. The Balaban J connectivity index is 1.48. The fourth-order valence-corrected chi connectivity index (χ4v) is 4.47. The molecule has 1 saturated carbocycles. The number of carbonyl (C=O) groups is 1. The lowest BCUT2D eigenvalue weighted by Crippen LogP contribution is -2.38. The average molecular weight is 339 g/mol. The van der Waals surface area contributed by atoms with Gasteiger partial charge >= 0.3 is 0 Å². The van der Waals surface area contributed by atoms with E-state index in [0.717, 1.165) is 30.6 Å². The van der Waals surface area contributed by atoms with Gasteiger partial charge in [-0.05, 0) is 48.6 Å². The van der Waals surface area contributed by atoms with Gasteiger partial charge in [-0.2, -0.15) is 0 Å². The number of thioether (sulfide) groups is 1. The lowest BCUT2D eigenvalue weighted by Gasteiger charge is -2.25. The van der Waals surface area contributed by atoms with E-state index in [9.17, 15) is 4.79 Å². The smallest absolute Gasteiger partial charge is 0.236 e. The van der Waals surface area contributed by atoms with Crippen LogP contribution in [0.15, 0.2) is 53.4 Å². The van der Waals surface area contributed by atoms with E-state index >= 15 is 0 Å². The molecule has 4 heteroatoms. The van der Waals surface area contributed by atoms with Crippen molar-refractivity contribution in [2.24, 2.45) is 0 Å². The second-order valence-electron chi connectivity index (χ2n) is 6.46. The zero-order chi connectivity index (χ0) is 16.5. The average Bonchev–Trinajstić information content (AvgIpc) is 3.37. The van der Waals surface area contributed by atoms with Crippen LogP contribution in [0.4, 0.5) is 0 Å². The van der Waals surface area contributed by atoms with Gasteiger partial charge in [0.05, 0.1) is 12.4 Å². The molecule has 1 unspecified atom stereocenters. The minimum atomic E-state index is 0.0289. The van der Waals surface area contributed by atoms with Crippen molar-refractivity contribution in [2.45, 2.75) is 42.0 Å². The molecule has 4 rings (SSSR count). The van der Waals surface area contributed by atoms with Gasteiger partial charge in [-0.25, -0.2) is 0 Å². The molecule has 0 bridgehead atoms. The molecule has 2 aliphatic rings. The maximum Gasteiger partial charge on any atom is 0.236 e. The van der Waals surface area contributed by atoms with Crippen molar-refractivity contribution in [1.29, 1.82) is 0 Å². The van der Waals surface area contributed by atoms with E-state index < -0.39 is 0 Å². The fraction of sp³-hybridized carbons (Fsp3) is 0.350. The lowest BCUT2D eigenvalue weighted by atomic mass is 10.1. The van der Waals surface area contributed by atoms with Crippen molar-refractivity contribution in [3.05, 3.63) is 59.7 Å². The molecule has 1 atom stereocenters. The Morgan fingerprint density at radius 3 is 2.58 bits per heavy atom. The highest BCUT2D eigenvalue weighted by molar-refractivity contribution is 8.01. The fourth-order valence-electron chi connectivity index (χ4n) is 3.21. The van der Waals surface area contributed by atoms with Gasteiger partial charge in [-0.15, -0.1) is 11.8 Å². The molecule has 0 saturated heterocycles. The van der Waals surface area contributed by atoms with E-state index in [-0.39, 0.29) is 11.2 Å². The number of hydrogen-bond acceptors (Lipinski definition) is 3. The minimum absolute atomic E-state index is 0.0289. The van der Waals surface area contributed by atoms with E-state index in [1.54, 1.807) is 18.9 Å². The van der Waals surface area contributed by atoms with Crippen LogP contribution >= 0.6 is 11.8 Å². The summed E-state index contributed by atoms with van der Waals surface area (Å²) in [5, 5.41) is 0.0289. The quantitative estimate of drug-likeness (QED) is 0.827. The van der Waals surface area contributed by atoms with Crippen LogP contribution in [0.2, 0.25) is 0 Å². The Labute approximate surface area is 147 Å². The van der Waals surface area contributed by atoms with Gasteiger partial charge in [-0.3, -0.25) is 4.79 Å². The highest BCUT2D eigenvalue weighted by atomic mass is 32.2. The number of ether oxygens (including phenoxy) is 1. The molecule has 2 aromatic rings. The van der Waals surface area contributed by atoms with Crippen LogP contribution in [-0.2, 0) is 17.8 Å². The normalized spacial score (nSPS) is 19.0. The summed E-state index contributed by atoms with van der Waals surface area (Å²) >= 11 is 1.72. The largest absolute Gasteiger partial charge is 0.497 e. The Morgan fingerprint density at radius 1 is 1.17 bits per heavy atom. The van der Waals surface area contributed by atoms with Crippen molar-refractivity contribution in [3.8, 4) is 5.75 Å². The van der Waals surface area contributed by atoms with Gasteiger partial charge in [0.2, 0.25) is 5.91 Å². The molecule has 24 heavy (non-hydrogen) atoms. The summed E-state index contributed by atoms with van der Waals surface area (Å²) in [7, 11) is 1.67. The molecule has 3 nitrogen and oxygen atoms in total. The molecular weight excluding hydrogens is 318 g/mol. The van der Waals surface area contributed by atoms with Crippen LogP contribution in [0.3, 0.4) is 0 Å². The van der Waals surface area contributed by atoms with E-state index in [1.165, 1.54) is 10.5 Å². The molecule has 0 N–H and O–H groups in total. The number of carbonyl (C=O) groups excluding carboxylic acids is 1. The van der Waals surface area contributed by atoms with Crippen molar-refractivity contribution < 1.29 is 9.53 Å². The first kappa shape index (κ1) is 15.6. The van der Waals surface area contributed by atoms with Gasteiger partial charge in [-0.1, -0.05) is 30.3 Å². The van der Waals surface area contributed by atoms with E-state index in [0.29, 0.717) is 12.6 Å². The monoisotopic (exact) mass is 339 g/mol. The summed E-state index contributed by atoms with van der Waals surface area (Å²) < 4.78 is 5.21. The molecule has 0 aromatic heterocycles. The Hall–Kier alpha value is -1.94. The number of nitrogens with zero attached hydrogens (tertiary/aromatic N) is 1. The second kappa shape index (κ2) is 6.52. The predicted octanol–water partition coefficient (Wildman–Crippen LogP) is 3.90. The number of amides is 1. The maximum absolute atomic E-state index is 13.1. The van der Waals surface area contributed by atoms with Gasteiger partial charge in [0.25, 0.3) is 0 Å². The summed E-state index contributed by atoms with van der Waals surface area (Å²) in [6.45, 7) is 0.695. The molecule has 2 aromatic carbocycles. The standard InChI is InChI=1S/C20H21NO2S/c1-23-17-10-6-14(7-11-17)13-21(16-8-9-16)20(22)19-12-15-4-2-3-5-18(15)24-19/h2-7,10-11,16,19H,8-9,12-13H2,1H3. The lowest BCUT2D eigenvalue weighted by molar-refractivity contribution is -0.131. The summed E-state index contributed by atoms with van der Waals surface area (Å²) in [5.41, 5.74) is 2.47. The highest BCUT2D eigenvalue weighted by Crippen LogP contribution is 2.39. The first-order valence-electron chi connectivity index (χ1n) is 8.42. The second-order valence-corrected chi connectivity index (χ2v) is 7.71. The van der Waals surface area contributed by atoms with Crippen LogP contribution < -0.4 is 4.74 Å². The minimum Gasteiger partial charge on any atom is -0.497 e. The third-order valence-electron chi connectivity index (χ3n) is 4.71. The summed E-state index contributed by atoms with van der Waals surface area (Å²) in [6, 6.07) is 16.8. The third kappa shape index (κ3) is 3.16. The van der Waals surface area contributed by atoms with Gasteiger partial charge in [0.15, 0.2) is 0 Å². The van der Waals surface area contributed by atoms with E-state index in [1.807, 2.05) is 12.1 Å². The van der Waals surface area contributed by atoms with E-state index in [4.69, 9.17) is 4.74 Å². The number of rotatable bonds is 5. The first-order valence-corrected chi connectivity index (χ1v) is 9.30. The van der Waals surface area contributed by atoms with Gasteiger partial charge < -0.3 is 9.64 Å². The molecule has 124 valence electrons. The van der Waals surface area contributed by atoms with Crippen molar-refractivity contribution in [3.63, 3.8) is 0 Å². The Kier molecular flexibility index (Phi) is 4.23. The van der Waals surface area contributed by atoms with Crippen LogP contribution in [0.1, 0.15) is 24.0 Å². The first-order chi connectivity index (χ1) is 11.7. The summed E-state index contributed by atoms with van der Waals surface area (Å²) in [5.74, 6) is 1.14. The number of fused-ring (bicyclic) bond motifs is 1. The van der Waals surface area contributed by atoms with Gasteiger partial charge in [0, 0.05) is 17.5 Å². The SMILES string of the molecule is COc1ccc(CN(C(=O)C2Cc3ccccc3S2)C2CC2)cc1. The number of hydrogen-bond donors (Lipinski definition) is 0. The van der Waals surface area contributed by atoms with Crippen molar-refractivity contribution >= 4 is 17.7 Å². The predicted molar refractivity (Wildman–Crippen MR) is 96.4 cm³/mol. The molecule has 1 aliphatic carbocycles. The van der Waals surface area contributed by atoms with Crippen molar-refractivity contribution in [1.82, 2.24) is 4.90 Å². The maximum atomic E-state index is 13.1. The van der Waals surface area contributed by atoms with E-state index in [2.05, 4.69) is 41.3 Å². The number of benzene rings is 2. The van der Waals surface area contributed by atoms with Crippen LogP contribution in [0.25, 0.3) is 0 Å². The zero-order valence-corrected chi connectivity index (χ0v) is 14.6. The van der Waals surface area contributed by atoms with Crippen LogP contribution in [0.5, 0.6) is 5.75 Å². The third-order valence-corrected chi connectivity index (χ3v) is 6.01. The molecule has 1 heterocycles. The summed E-state index contributed by atoms with van der Waals surface area (Å²) in [6.07, 6.45) is 3.12. The molecular formula is C20H21NO2S. The van der Waals surface area contributed by atoms with Gasteiger partial charge in [0.1, 0.15) is 5.75 Å². The van der Waals surface area contributed by atoms with Crippen LogP contribution in [0, 0.1) is 0 Å². The molecule has 0 spiro atoms. The molecule has 1 amide bonds. The molecule has 0 radical (unpaired) electrons. The topological polar surface area (TPSA) is 29.5 Å². The number of methoxy groups -OCH3 is 1. The highest BCUT2D eigenvalue weighted by Gasteiger charge is 2.38. The summed E-state index contributed by atoms with van der Waals surface area (Å²) in [4.78, 5) is 16.5. The molecule has 1 fully saturated rings. The van der Waals surface area contributed by atoms with Crippen LogP contribution in [-0.4, -0.2) is 29.2 Å². The van der Waals surface area contributed by atoms with Crippen molar-refractivity contribution in [2.75, 3.05) is 7.11 Å². The molecule has 1 aliphatic heterocycles. The zero-order valence-electron chi connectivity index (χ0n) is 13.8. The Bertz CT molecular complexity index is 715.